The molecule has 1 aromatic heterocycles. The largest absolute Gasteiger partial charge is 0.481 e. The normalized spacial score (nSPS) is 10.6. The molecule has 0 fully saturated rings. The number of rotatable bonds is 3. The molecule has 0 aliphatic heterocycles. The Balaban J connectivity index is 2.46. The second-order valence-electron chi connectivity index (χ2n) is 3.83. The standard InChI is InChI=1S/C13H13NO2/c1-9-8-14-12(6-7-13(15)16)11-5-3-2-4-10(9)11/h2-5,8H,6-7H2,1H3,(H,15,16). The Morgan fingerprint density at radius 2 is 2.00 bits per heavy atom. The lowest BCUT2D eigenvalue weighted by Gasteiger charge is -2.06. The van der Waals surface area contributed by atoms with Crippen molar-refractivity contribution in [2.75, 3.05) is 0 Å². The van der Waals surface area contributed by atoms with Crippen LogP contribution < -0.4 is 0 Å². The van der Waals surface area contributed by atoms with Crippen LogP contribution in [0.15, 0.2) is 30.5 Å². The smallest absolute Gasteiger partial charge is 0.303 e. The van der Waals surface area contributed by atoms with E-state index in [1.54, 1.807) is 6.20 Å². The van der Waals surface area contributed by atoms with E-state index < -0.39 is 5.97 Å². The molecular weight excluding hydrogens is 202 g/mol. The summed E-state index contributed by atoms with van der Waals surface area (Å²) in [4.78, 5) is 14.9. The molecule has 0 saturated heterocycles. The van der Waals surface area contributed by atoms with Crippen molar-refractivity contribution in [3.05, 3.63) is 41.7 Å². The summed E-state index contributed by atoms with van der Waals surface area (Å²) < 4.78 is 0. The van der Waals surface area contributed by atoms with Crippen LogP contribution in [0.3, 0.4) is 0 Å². The molecule has 0 bridgehead atoms. The number of aromatic nitrogens is 1. The average Bonchev–Trinajstić information content (AvgIpc) is 2.28. The number of nitrogens with zero attached hydrogens (tertiary/aromatic N) is 1. The Bertz CT molecular complexity index is 534. The van der Waals surface area contributed by atoms with Crippen LogP contribution in [0.5, 0.6) is 0 Å². The number of pyridine rings is 1. The Hall–Kier alpha value is -1.90. The van der Waals surface area contributed by atoms with Crippen molar-refractivity contribution in [1.29, 1.82) is 0 Å². The summed E-state index contributed by atoms with van der Waals surface area (Å²) >= 11 is 0. The Labute approximate surface area is 93.7 Å². The van der Waals surface area contributed by atoms with Crippen molar-refractivity contribution < 1.29 is 9.90 Å². The van der Waals surface area contributed by atoms with Gasteiger partial charge in [-0.1, -0.05) is 24.3 Å². The number of benzene rings is 1. The van der Waals surface area contributed by atoms with Crippen LogP contribution in [0.1, 0.15) is 17.7 Å². The molecule has 1 N–H and O–H groups in total. The first kappa shape index (κ1) is 10.6. The number of hydrogen-bond acceptors (Lipinski definition) is 2. The third kappa shape index (κ3) is 2.03. The highest BCUT2D eigenvalue weighted by molar-refractivity contribution is 5.87. The monoisotopic (exact) mass is 215 g/mol. The van der Waals surface area contributed by atoms with Crippen LogP contribution in [-0.2, 0) is 11.2 Å². The predicted octanol–water partition coefficient (Wildman–Crippen LogP) is 2.56. The topological polar surface area (TPSA) is 50.2 Å². The number of carboxylic acid groups (broad SMARTS) is 1. The van der Waals surface area contributed by atoms with E-state index in [9.17, 15) is 4.79 Å². The number of aliphatic carboxylic acids is 1. The molecule has 0 amide bonds. The van der Waals surface area contributed by atoms with Crippen molar-refractivity contribution >= 4 is 16.7 Å². The number of fused-ring (bicyclic) bond motifs is 1. The van der Waals surface area contributed by atoms with Gasteiger partial charge in [-0.05, 0) is 17.9 Å². The maximum absolute atomic E-state index is 10.5. The molecule has 1 aromatic carbocycles. The zero-order valence-electron chi connectivity index (χ0n) is 9.10. The van der Waals surface area contributed by atoms with Gasteiger partial charge in [0.25, 0.3) is 0 Å². The van der Waals surface area contributed by atoms with Crippen LogP contribution in [0.25, 0.3) is 10.8 Å². The van der Waals surface area contributed by atoms with Crippen molar-refractivity contribution in [3.63, 3.8) is 0 Å². The van der Waals surface area contributed by atoms with Gasteiger partial charge in [0, 0.05) is 23.7 Å². The second kappa shape index (κ2) is 4.31. The second-order valence-corrected chi connectivity index (χ2v) is 3.83. The summed E-state index contributed by atoms with van der Waals surface area (Å²) in [7, 11) is 0. The lowest BCUT2D eigenvalue weighted by molar-refractivity contribution is -0.136. The van der Waals surface area contributed by atoms with Gasteiger partial charge in [0.05, 0.1) is 6.42 Å². The number of hydrogen-bond donors (Lipinski definition) is 1. The van der Waals surface area contributed by atoms with Crippen LogP contribution in [0, 0.1) is 6.92 Å². The molecule has 0 saturated carbocycles. The van der Waals surface area contributed by atoms with Crippen LogP contribution >= 0.6 is 0 Å². The molecule has 16 heavy (non-hydrogen) atoms. The minimum absolute atomic E-state index is 0.125. The molecule has 0 atom stereocenters. The van der Waals surface area contributed by atoms with Gasteiger partial charge in [-0.2, -0.15) is 0 Å². The van der Waals surface area contributed by atoms with Crippen LogP contribution in [0.4, 0.5) is 0 Å². The SMILES string of the molecule is Cc1cnc(CCC(=O)O)c2ccccc12. The lowest BCUT2D eigenvalue weighted by Crippen LogP contribution is -2.00. The fourth-order valence-corrected chi connectivity index (χ4v) is 1.82. The fraction of sp³-hybridized carbons (Fsp3) is 0.231. The summed E-state index contributed by atoms with van der Waals surface area (Å²) in [6.45, 7) is 2.01. The molecule has 0 unspecified atom stereocenters. The molecule has 3 nitrogen and oxygen atoms in total. The molecule has 3 heteroatoms. The Morgan fingerprint density at radius 1 is 1.31 bits per heavy atom. The summed E-state index contributed by atoms with van der Waals surface area (Å²) in [6.07, 6.45) is 2.41. The van der Waals surface area contributed by atoms with Crippen LogP contribution in [0.2, 0.25) is 0 Å². The van der Waals surface area contributed by atoms with Gasteiger partial charge in [0.1, 0.15) is 0 Å². The van der Waals surface area contributed by atoms with Crippen LogP contribution in [-0.4, -0.2) is 16.1 Å². The van der Waals surface area contributed by atoms with E-state index in [4.69, 9.17) is 5.11 Å². The summed E-state index contributed by atoms with van der Waals surface area (Å²) in [5.41, 5.74) is 1.98. The highest BCUT2D eigenvalue weighted by Gasteiger charge is 2.06. The molecule has 2 rings (SSSR count). The van der Waals surface area contributed by atoms with E-state index in [1.807, 2.05) is 31.2 Å². The summed E-state index contributed by atoms with van der Waals surface area (Å²) in [5.74, 6) is -0.786. The Kier molecular flexibility index (Phi) is 2.86. The van der Waals surface area contributed by atoms with Crippen molar-refractivity contribution in [2.24, 2.45) is 0 Å². The van der Waals surface area contributed by atoms with Gasteiger partial charge in [-0.3, -0.25) is 9.78 Å². The van der Waals surface area contributed by atoms with Crippen molar-refractivity contribution in [3.8, 4) is 0 Å². The number of carboxylic acids is 1. The molecule has 0 aliphatic carbocycles. The van der Waals surface area contributed by atoms with Gasteiger partial charge in [-0.15, -0.1) is 0 Å². The molecule has 82 valence electrons. The van der Waals surface area contributed by atoms with E-state index >= 15 is 0 Å². The van der Waals surface area contributed by atoms with Crippen molar-refractivity contribution in [1.82, 2.24) is 4.98 Å². The molecule has 1 heterocycles. The maximum atomic E-state index is 10.5. The van der Waals surface area contributed by atoms with Crippen molar-refractivity contribution in [2.45, 2.75) is 19.8 Å². The fourth-order valence-electron chi connectivity index (χ4n) is 1.82. The summed E-state index contributed by atoms with van der Waals surface area (Å²) in [6, 6.07) is 7.97. The predicted molar refractivity (Wildman–Crippen MR) is 62.4 cm³/mol. The average molecular weight is 215 g/mol. The molecule has 0 aliphatic rings. The third-order valence-corrected chi connectivity index (χ3v) is 2.65. The highest BCUT2D eigenvalue weighted by Crippen LogP contribution is 2.21. The van der Waals surface area contributed by atoms with Gasteiger partial charge >= 0.3 is 5.97 Å². The van der Waals surface area contributed by atoms with Gasteiger partial charge in [-0.25, -0.2) is 0 Å². The van der Waals surface area contributed by atoms with Gasteiger partial charge < -0.3 is 5.11 Å². The highest BCUT2D eigenvalue weighted by atomic mass is 16.4. The number of aryl methyl sites for hydroxylation is 2. The first-order valence-electron chi connectivity index (χ1n) is 5.23. The molecule has 0 spiro atoms. The zero-order chi connectivity index (χ0) is 11.5. The van der Waals surface area contributed by atoms with E-state index in [2.05, 4.69) is 4.98 Å². The van der Waals surface area contributed by atoms with E-state index in [1.165, 1.54) is 0 Å². The van der Waals surface area contributed by atoms with Gasteiger partial charge in [0.2, 0.25) is 0 Å². The van der Waals surface area contributed by atoms with E-state index in [-0.39, 0.29) is 6.42 Å². The molecular formula is C13H13NO2. The molecule has 0 radical (unpaired) electrons. The minimum Gasteiger partial charge on any atom is -0.481 e. The maximum Gasteiger partial charge on any atom is 0.303 e. The van der Waals surface area contributed by atoms with Gasteiger partial charge in [0.15, 0.2) is 0 Å². The Morgan fingerprint density at radius 3 is 2.69 bits per heavy atom. The molecule has 2 aromatic rings. The quantitative estimate of drug-likeness (QED) is 0.856. The number of carbonyl (C=O) groups is 1. The first-order valence-corrected chi connectivity index (χ1v) is 5.23. The third-order valence-electron chi connectivity index (χ3n) is 2.65. The minimum atomic E-state index is -0.786. The summed E-state index contributed by atoms with van der Waals surface area (Å²) in [5, 5.41) is 10.9. The van der Waals surface area contributed by atoms with E-state index in [0.717, 1.165) is 22.0 Å². The first-order chi connectivity index (χ1) is 7.68. The van der Waals surface area contributed by atoms with E-state index in [0.29, 0.717) is 6.42 Å². The zero-order valence-corrected chi connectivity index (χ0v) is 9.10. The lowest BCUT2D eigenvalue weighted by atomic mass is 10.0.